The normalized spacial score (nSPS) is 10.9. The molecule has 4 rings (SSSR count). The van der Waals surface area contributed by atoms with Crippen molar-refractivity contribution in [3.63, 3.8) is 0 Å². The quantitative estimate of drug-likeness (QED) is 0.412. The Labute approximate surface area is 187 Å². The molecule has 0 fully saturated rings. The second-order valence-electron chi connectivity index (χ2n) is 7.55. The molecule has 0 amide bonds. The monoisotopic (exact) mass is 431 g/mol. The molecule has 0 aliphatic heterocycles. The van der Waals surface area contributed by atoms with Gasteiger partial charge in [-0.25, -0.2) is 9.07 Å². The van der Waals surface area contributed by atoms with E-state index in [1.807, 2.05) is 41.2 Å². The number of ether oxygens (including phenoxy) is 2. The fourth-order valence-corrected chi connectivity index (χ4v) is 3.64. The lowest BCUT2D eigenvalue weighted by Crippen LogP contribution is -2.14. The molecule has 0 unspecified atom stereocenters. The van der Waals surface area contributed by atoms with Crippen LogP contribution < -0.4 is 14.8 Å². The molecule has 6 heteroatoms. The van der Waals surface area contributed by atoms with Crippen LogP contribution in [0.5, 0.6) is 11.5 Å². The molecule has 4 aromatic rings. The summed E-state index contributed by atoms with van der Waals surface area (Å²) in [6.07, 6.45) is 2.01. The molecule has 1 heterocycles. The van der Waals surface area contributed by atoms with E-state index in [-0.39, 0.29) is 5.82 Å². The Kier molecular flexibility index (Phi) is 6.52. The van der Waals surface area contributed by atoms with Gasteiger partial charge >= 0.3 is 0 Å². The van der Waals surface area contributed by atoms with E-state index in [1.165, 1.54) is 17.7 Å². The number of benzene rings is 3. The van der Waals surface area contributed by atoms with Crippen molar-refractivity contribution in [3.05, 3.63) is 95.4 Å². The summed E-state index contributed by atoms with van der Waals surface area (Å²) in [5, 5.41) is 8.28. The van der Waals surface area contributed by atoms with Crippen LogP contribution in [0.2, 0.25) is 0 Å². The van der Waals surface area contributed by atoms with Gasteiger partial charge in [0.2, 0.25) is 0 Å². The molecule has 164 valence electrons. The minimum Gasteiger partial charge on any atom is -0.493 e. The zero-order chi connectivity index (χ0) is 22.5. The summed E-state index contributed by atoms with van der Waals surface area (Å²) in [5.41, 5.74) is 5.86. The molecule has 5 nitrogen and oxygen atoms in total. The second kappa shape index (κ2) is 9.66. The lowest BCUT2D eigenvalue weighted by Gasteiger charge is -2.13. The topological polar surface area (TPSA) is 48.3 Å². The summed E-state index contributed by atoms with van der Waals surface area (Å²) in [4.78, 5) is 0. The number of nitrogens with one attached hydrogen (secondary N) is 1. The molecule has 3 aromatic carbocycles. The van der Waals surface area contributed by atoms with Gasteiger partial charge in [0.25, 0.3) is 0 Å². The largest absolute Gasteiger partial charge is 0.493 e. The van der Waals surface area contributed by atoms with Crippen LogP contribution >= 0.6 is 0 Å². The van der Waals surface area contributed by atoms with Crippen molar-refractivity contribution in [1.82, 2.24) is 15.1 Å². The molecule has 1 aromatic heterocycles. The van der Waals surface area contributed by atoms with Gasteiger partial charge in [-0.15, -0.1) is 0 Å². The molecule has 1 N–H and O–H groups in total. The van der Waals surface area contributed by atoms with E-state index in [2.05, 4.69) is 24.4 Å². The SMILES string of the molecule is COc1cccc(CNCc2cn(-c3ccc(C)cc3)nc2-c2ccc(F)cc2)c1OC. The summed E-state index contributed by atoms with van der Waals surface area (Å²) in [5.74, 6) is 1.15. The number of halogens is 1. The summed E-state index contributed by atoms with van der Waals surface area (Å²) in [6.45, 7) is 3.23. The Hall–Kier alpha value is -3.64. The smallest absolute Gasteiger partial charge is 0.165 e. The Morgan fingerprint density at radius 2 is 1.59 bits per heavy atom. The van der Waals surface area contributed by atoms with Crippen molar-refractivity contribution in [2.24, 2.45) is 0 Å². The first-order chi connectivity index (χ1) is 15.6. The first kappa shape index (κ1) is 21.6. The summed E-state index contributed by atoms with van der Waals surface area (Å²) in [7, 11) is 3.27. The maximum Gasteiger partial charge on any atom is 0.165 e. The molecular weight excluding hydrogens is 405 g/mol. The van der Waals surface area contributed by atoms with Gasteiger partial charge in [0.15, 0.2) is 11.5 Å². The van der Waals surface area contributed by atoms with E-state index in [0.29, 0.717) is 18.8 Å². The van der Waals surface area contributed by atoms with Gasteiger partial charge in [0.05, 0.1) is 25.6 Å². The molecule has 0 atom stereocenters. The van der Waals surface area contributed by atoms with Gasteiger partial charge in [-0.3, -0.25) is 0 Å². The van der Waals surface area contributed by atoms with Crippen molar-refractivity contribution in [2.75, 3.05) is 14.2 Å². The van der Waals surface area contributed by atoms with Gasteiger partial charge in [-0.05, 0) is 49.4 Å². The highest BCUT2D eigenvalue weighted by Crippen LogP contribution is 2.31. The van der Waals surface area contributed by atoms with Crippen molar-refractivity contribution >= 4 is 0 Å². The second-order valence-corrected chi connectivity index (χ2v) is 7.55. The van der Waals surface area contributed by atoms with Crippen LogP contribution in [0.1, 0.15) is 16.7 Å². The van der Waals surface area contributed by atoms with E-state index in [9.17, 15) is 4.39 Å². The number of methoxy groups -OCH3 is 2. The summed E-state index contributed by atoms with van der Waals surface area (Å²) < 4.78 is 26.3. The molecule has 0 saturated carbocycles. The van der Waals surface area contributed by atoms with Gasteiger partial charge in [0, 0.05) is 36.0 Å². The van der Waals surface area contributed by atoms with E-state index in [4.69, 9.17) is 14.6 Å². The molecule has 0 spiro atoms. The van der Waals surface area contributed by atoms with E-state index < -0.39 is 0 Å². The van der Waals surface area contributed by atoms with Gasteiger partial charge < -0.3 is 14.8 Å². The minimum atomic E-state index is -0.267. The Balaban J connectivity index is 1.61. The Morgan fingerprint density at radius 3 is 2.28 bits per heavy atom. The van der Waals surface area contributed by atoms with Crippen LogP contribution in [-0.2, 0) is 13.1 Å². The third-order valence-electron chi connectivity index (χ3n) is 5.32. The maximum atomic E-state index is 13.5. The van der Waals surface area contributed by atoms with Gasteiger partial charge in [0.1, 0.15) is 5.82 Å². The first-order valence-corrected chi connectivity index (χ1v) is 10.4. The number of hydrogen-bond donors (Lipinski definition) is 1. The molecule has 0 saturated heterocycles. The highest BCUT2D eigenvalue weighted by Gasteiger charge is 2.14. The predicted molar refractivity (Wildman–Crippen MR) is 124 cm³/mol. The standard InChI is InChI=1S/C26H26FN3O2/c1-18-7-13-23(14-8-18)30-17-21(25(29-30)19-9-11-22(27)12-10-19)16-28-15-20-5-4-6-24(31-2)26(20)32-3/h4-14,17,28H,15-16H2,1-3H3. The summed E-state index contributed by atoms with van der Waals surface area (Å²) in [6, 6.07) is 20.4. The maximum absolute atomic E-state index is 13.5. The molecule has 0 aliphatic carbocycles. The van der Waals surface area contributed by atoms with Crippen LogP contribution in [0.3, 0.4) is 0 Å². The number of nitrogens with zero attached hydrogens (tertiary/aromatic N) is 2. The molecule has 0 bridgehead atoms. The van der Waals surface area contributed by atoms with Crippen molar-refractivity contribution in [2.45, 2.75) is 20.0 Å². The van der Waals surface area contributed by atoms with Crippen LogP contribution in [0.4, 0.5) is 4.39 Å². The zero-order valence-corrected chi connectivity index (χ0v) is 18.4. The fraction of sp³-hybridized carbons (Fsp3) is 0.192. The number of para-hydroxylation sites is 1. The average Bonchev–Trinajstić information content (AvgIpc) is 3.24. The third-order valence-corrected chi connectivity index (χ3v) is 5.32. The first-order valence-electron chi connectivity index (χ1n) is 10.4. The molecule has 32 heavy (non-hydrogen) atoms. The lowest BCUT2D eigenvalue weighted by atomic mass is 10.1. The fourth-order valence-electron chi connectivity index (χ4n) is 3.64. The minimum absolute atomic E-state index is 0.267. The average molecular weight is 432 g/mol. The predicted octanol–water partition coefficient (Wildman–Crippen LogP) is 5.29. The van der Waals surface area contributed by atoms with E-state index in [0.717, 1.165) is 33.8 Å². The van der Waals surface area contributed by atoms with Crippen LogP contribution in [0.15, 0.2) is 72.9 Å². The highest BCUT2D eigenvalue weighted by atomic mass is 19.1. The Morgan fingerprint density at radius 1 is 0.875 bits per heavy atom. The molecular formula is C26H26FN3O2. The summed E-state index contributed by atoms with van der Waals surface area (Å²) >= 11 is 0. The van der Waals surface area contributed by atoms with Crippen molar-refractivity contribution in [3.8, 4) is 28.4 Å². The van der Waals surface area contributed by atoms with Crippen LogP contribution in [0.25, 0.3) is 16.9 Å². The van der Waals surface area contributed by atoms with Crippen LogP contribution in [-0.4, -0.2) is 24.0 Å². The number of hydrogen-bond acceptors (Lipinski definition) is 4. The molecule has 0 radical (unpaired) electrons. The lowest BCUT2D eigenvalue weighted by molar-refractivity contribution is 0.350. The number of rotatable bonds is 8. The highest BCUT2D eigenvalue weighted by molar-refractivity contribution is 5.63. The van der Waals surface area contributed by atoms with Crippen molar-refractivity contribution < 1.29 is 13.9 Å². The van der Waals surface area contributed by atoms with Gasteiger partial charge in [-0.1, -0.05) is 29.8 Å². The van der Waals surface area contributed by atoms with E-state index in [1.54, 1.807) is 26.4 Å². The van der Waals surface area contributed by atoms with Crippen molar-refractivity contribution in [1.29, 1.82) is 0 Å². The van der Waals surface area contributed by atoms with E-state index >= 15 is 0 Å². The Bertz CT molecular complexity index is 1180. The number of aromatic nitrogens is 2. The van der Waals surface area contributed by atoms with Crippen LogP contribution in [0, 0.1) is 12.7 Å². The number of aryl methyl sites for hydroxylation is 1. The van der Waals surface area contributed by atoms with Gasteiger partial charge in [-0.2, -0.15) is 5.10 Å². The molecule has 0 aliphatic rings. The third kappa shape index (κ3) is 4.65. The zero-order valence-electron chi connectivity index (χ0n) is 18.4.